The number of rotatable bonds is 5. The molecule has 1 N–H and O–H groups in total. The lowest BCUT2D eigenvalue weighted by molar-refractivity contribution is -0.138. The molecule has 2 rings (SSSR count). The van der Waals surface area contributed by atoms with E-state index < -0.39 is 39.3 Å². The largest absolute Gasteiger partial charge is 0.416 e. The fraction of sp³-hybridized carbons (Fsp3) is 0.250. The monoisotopic (exact) mass is 397 g/mol. The number of benzene rings is 2. The van der Waals surface area contributed by atoms with Crippen LogP contribution in [0.4, 0.5) is 26.3 Å². The van der Waals surface area contributed by atoms with Gasteiger partial charge in [0.2, 0.25) is 10.0 Å². The second-order valence-electron chi connectivity index (χ2n) is 5.47. The maximum atomic E-state index is 12.6. The van der Waals surface area contributed by atoms with Gasteiger partial charge in [-0.25, -0.2) is 13.1 Å². The minimum Gasteiger partial charge on any atom is -0.212 e. The second-order valence-corrected chi connectivity index (χ2v) is 7.28. The van der Waals surface area contributed by atoms with Crippen molar-refractivity contribution in [1.29, 1.82) is 0 Å². The Labute approximate surface area is 145 Å². The predicted molar refractivity (Wildman–Crippen MR) is 82.4 cm³/mol. The number of nitrogens with one attached hydrogen (secondary N) is 1. The van der Waals surface area contributed by atoms with E-state index in [1.54, 1.807) is 0 Å². The van der Waals surface area contributed by atoms with E-state index in [-0.39, 0.29) is 17.7 Å². The molecule has 0 heterocycles. The summed E-state index contributed by atoms with van der Waals surface area (Å²) < 4.78 is 101. The molecular formula is C16H13F6NO2S. The van der Waals surface area contributed by atoms with Crippen LogP contribution in [0.1, 0.15) is 22.3 Å². The van der Waals surface area contributed by atoms with Gasteiger partial charge in [0.1, 0.15) is 0 Å². The van der Waals surface area contributed by atoms with Gasteiger partial charge in [-0.15, -0.1) is 0 Å². The number of hydrogen-bond donors (Lipinski definition) is 1. The third kappa shape index (κ3) is 5.73. The van der Waals surface area contributed by atoms with Crippen LogP contribution in [0, 0.1) is 0 Å². The minimum atomic E-state index is -4.59. The first-order chi connectivity index (χ1) is 11.9. The molecule has 0 aromatic heterocycles. The molecule has 3 nitrogen and oxygen atoms in total. The topological polar surface area (TPSA) is 46.2 Å². The highest BCUT2D eigenvalue weighted by Gasteiger charge is 2.31. The molecule has 0 aliphatic heterocycles. The molecule has 2 aromatic rings. The van der Waals surface area contributed by atoms with E-state index in [1.165, 1.54) is 6.07 Å². The summed E-state index contributed by atoms with van der Waals surface area (Å²) in [6.07, 6.45) is -9.09. The van der Waals surface area contributed by atoms with Gasteiger partial charge < -0.3 is 0 Å². The van der Waals surface area contributed by atoms with Gasteiger partial charge in [0, 0.05) is 6.54 Å². The molecule has 0 aliphatic carbocycles. The van der Waals surface area contributed by atoms with Crippen molar-refractivity contribution in [3.8, 4) is 0 Å². The molecule has 26 heavy (non-hydrogen) atoms. The van der Waals surface area contributed by atoms with Crippen molar-refractivity contribution in [3.63, 3.8) is 0 Å². The van der Waals surface area contributed by atoms with Gasteiger partial charge in [-0.2, -0.15) is 26.3 Å². The summed E-state index contributed by atoms with van der Waals surface area (Å²) in [4.78, 5) is 0. The normalized spacial score (nSPS) is 13.0. The lowest BCUT2D eigenvalue weighted by atomic mass is 10.1. The maximum Gasteiger partial charge on any atom is 0.416 e. The van der Waals surface area contributed by atoms with Gasteiger partial charge in [0.05, 0.1) is 16.9 Å². The Hall–Kier alpha value is -2.07. The molecule has 0 bridgehead atoms. The number of alkyl halides is 6. The van der Waals surface area contributed by atoms with Crippen molar-refractivity contribution in [3.05, 3.63) is 70.8 Å². The van der Waals surface area contributed by atoms with Crippen molar-refractivity contribution in [2.45, 2.75) is 24.7 Å². The standard InChI is InChI=1S/C16H13F6NO2S/c17-15(18,19)13-6-4-11(5-7-13)9-23-26(24,25)10-12-2-1-3-14(8-12)16(20,21)22/h1-8,23H,9-10H2. The summed E-state index contributed by atoms with van der Waals surface area (Å²) in [6.45, 7) is -0.278. The Bertz CT molecular complexity index is 858. The lowest BCUT2D eigenvalue weighted by Crippen LogP contribution is -2.25. The second kappa shape index (κ2) is 7.28. The molecule has 0 saturated carbocycles. The SMILES string of the molecule is O=S(=O)(Cc1cccc(C(F)(F)F)c1)NCc1ccc(C(F)(F)F)cc1. The highest BCUT2D eigenvalue weighted by molar-refractivity contribution is 7.88. The number of sulfonamides is 1. The van der Waals surface area contributed by atoms with E-state index in [0.29, 0.717) is 0 Å². The molecule has 0 aliphatic rings. The fourth-order valence-corrected chi connectivity index (χ4v) is 3.22. The van der Waals surface area contributed by atoms with E-state index in [2.05, 4.69) is 4.72 Å². The predicted octanol–water partition coefficient (Wildman–Crippen LogP) is 4.34. The van der Waals surface area contributed by atoms with Crippen LogP contribution >= 0.6 is 0 Å². The van der Waals surface area contributed by atoms with Crippen LogP contribution in [0.3, 0.4) is 0 Å². The van der Waals surface area contributed by atoms with Gasteiger partial charge in [-0.05, 0) is 29.3 Å². The Morgan fingerprint density at radius 3 is 1.88 bits per heavy atom. The zero-order valence-electron chi connectivity index (χ0n) is 13.0. The van der Waals surface area contributed by atoms with Crippen LogP contribution in [0.15, 0.2) is 48.5 Å². The third-order valence-corrected chi connectivity index (χ3v) is 4.69. The van der Waals surface area contributed by atoms with Gasteiger partial charge in [0.25, 0.3) is 0 Å². The van der Waals surface area contributed by atoms with Crippen molar-refractivity contribution in [2.75, 3.05) is 0 Å². The van der Waals surface area contributed by atoms with E-state index >= 15 is 0 Å². The van der Waals surface area contributed by atoms with Crippen LogP contribution in [-0.2, 0) is 34.7 Å². The zero-order valence-corrected chi connectivity index (χ0v) is 13.8. The van der Waals surface area contributed by atoms with Gasteiger partial charge in [0.15, 0.2) is 0 Å². The Balaban J connectivity index is 2.03. The van der Waals surface area contributed by atoms with Crippen LogP contribution in [-0.4, -0.2) is 8.42 Å². The smallest absolute Gasteiger partial charge is 0.212 e. The Morgan fingerprint density at radius 2 is 1.35 bits per heavy atom. The minimum absolute atomic E-state index is 0.0558. The summed E-state index contributed by atoms with van der Waals surface area (Å²) in [7, 11) is -3.97. The molecular weight excluding hydrogens is 384 g/mol. The first-order valence-electron chi connectivity index (χ1n) is 7.16. The molecule has 0 amide bonds. The lowest BCUT2D eigenvalue weighted by Gasteiger charge is -2.11. The molecule has 0 saturated heterocycles. The maximum absolute atomic E-state index is 12.6. The summed E-state index contributed by atoms with van der Waals surface area (Å²) in [5.41, 5.74) is -1.61. The molecule has 0 fully saturated rings. The quantitative estimate of drug-likeness (QED) is 0.763. The van der Waals surface area contributed by atoms with E-state index in [1.807, 2.05) is 0 Å². The van der Waals surface area contributed by atoms with Crippen molar-refractivity contribution in [2.24, 2.45) is 0 Å². The number of hydrogen-bond acceptors (Lipinski definition) is 2. The van der Waals surface area contributed by atoms with Gasteiger partial charge >= 0.3 is 12.4 Å². The highest BCUT2D eigenvalue weighted by atomic mass is 32.2. The summed E-state index contributed by atoms with van der Waals surface area (Å²) in [5.74, 6) is -0.683. The molecule has 0 radical (unpaired) electrons. The molecule has 0 unspecified atom stereocenters. The first-order valence-corrected chi connectivity index (χ1v) is 8.82. The highest BCUT2D eigenvalue weighted by Crippen LogP contribution is 2.30. The Kier molecular flexibility index (Phi) is 5.67. The van der Waals surface area contributed by atoms with Crippen LogP contribution < -0.4 is 4.72 Å². The third-order valence-electron chi connectivity index (χ3n) is 3.39. The molecule has 2 aromatic carbocycles. The zero-order chi connectivity index (χ0) is 19.6. The van der Waals surface area contributed by atoms with Crippen LogP contribution in [0.2, 0.25) is 0 Å². The summed E-state index contributed by atoms with van der Waals surface area (Å²) in [6, 6.07) is 7.78. The van der Waals surface area contributed by atoms with E-state index in [9.17, 15) is 34.8 Å². The first kappa shape index (κ1) is 20.2. The molecule has 10 heteroatoms. The van der Waals surface area contributed by atoms with Crippen LogP contribution in [0.5, 0.6) is 0 Å². The average molecular weight is 397 g/mol. The molecule has 142 valence electrons. The summed E-state index contributed by atoms with van der Waals surface area (Å²) >= 11 is 0. The van der Waals surface area contributed by atoms with Gasteiger partial charge in [-0.3, -0.25) is 0 Å². The number of halogens is 6. The van der Waals surface area contributed by atoms with E-state index in [4.69, 9.17) is 0 Å². The summed E-state index contributed by atoms with van der Waals surface area (Å²) in [5, 5.41) is 0. The van der Waals surface area contributed by atoms with Crippen LogP contribution in [0.25, 0.3) is 0 Å². The van der Waals surface area contributed by atoms with Gasteiger partial charge in [-0.1, -0.05) is 30.3 Å². The van der Waals surface area contributed by atoms with Crippen molar-refractivity contribution in [1.82, 2.24) is 4.72 Å². The van der Waals surface area contributed by atoms with Crippen molar-refractivity contribution >= 4 is 10.0 Å². The average Bonchev–Trinajstić information content (AvgIpc) is 2.52. The fourth-order valence-electron chi connectivity index (χ4n) is 2.11. The molecule has 0 spiro atoms. The molecule has 0 atom stereocenters. The van der Waals surface area contributed by atoms with Crippen molar-refractivity contribution < 1.29 is 34.8 Å². The Morgan fingerprint density at radius 1 is 0.769 bits per heavy atom. The van der Waals surface area contributed by atoms with E-state index in [0.717, 1.165) is 42.5 Å².